The predicted octanol–water partition coefficient (Wildman–Crippen LogP) is 2.60. The highest BCUT2D eigenvalue weighted by Crippen LogP contribution is 2.27. The Hall–Kier alpha value is -1.73. The summed E-state index contributed by atoms with van der Waals surface area (Å²) in [4.78, 5) is 19.9. The molecule has 1 aromatic carbocycles. The van der Waals surface area contributed by atoms with Crippen LogP contribution in [0.15, 0.2) is 12.1 Å². The van der Waals surface area contributed by atoms with Gasteiger partial charge in [0.05, 0.1) is 22.7 Å². The van der Waals surface area contributed by atoms with Crippen molar-refractivity contribution in [2.45, 2.75) is 25.4 Å². The van der Waals surface area contributed by atoms with Crippen LogP contribution in [-0.2, 0) is 0 Å². The summed E-state index contributed by atoms with van der Waals surface area (Å²) in [6, 6.07) is 2.52. The van der Waals surface area contributed by atoms with Crippen molar-refractivity contribution in [3.63, 3.8) is 0 Å². The first kappa shape index (κ1) is 15.2. The van der Waals surface area contributed by atoms with E-state index in [0.29, 0.717) is 22.3 Å². The van der Waals surface area contributed by atoms with Crippen LogP contribution >= 0.6 is 12.2 Å². The lowest BCUT2D eigenvalue weighted by Crippen LogP contribution is -2.34. The summed E-state index contributed by atoms with van der Waals surface area (Å²) in [5, 5.41) is 9.89. The Morgan fingerprint density at radius 3 is 2.91 bits per heavy atom. The van der Waals surface area contributed by atoms with E-state index < -0.39 is 5.82 Å². The molecule has 2 aromatic rings. The molecular weight excluding hydrogens is 305 g/mol. The fourth-order valence-corrected chi connectivity index (χ4v) is 3.36. The highest BCUT2D eigenvalue weighted by atomic mass is 32.1. The predicted molar refractivity (Wildman–Crippen MR) is 83.7 cm³/mol. The van der Waals surface area contributed by atoms with Crippen LogP contribution in [-0.4, -0.2) is 45.6 Å². The minimum atomic E-state index is -0.490. The fraction of sp³-hybridized carbons (Fsp3) is 0.467. The van der Waals surface area contributed by atoms with Gasteiger partial charge in [-0.3, -0.25) is 4.79 Å². The Morgan fingerprint density at radius 2 is 2.23 bits per heavy atom. The molecule has 2 atom stereocenters. The number of halogens is 1. The number of aliphatic hydroxyl groups is 1. The Morgan fingerprint density at radius 1 is 1.45 bits per heavy atom. The van der Waals surface area contributed by atoms with Gasteiger partial charge in [0.15, 0.2) is 4.77 Å². The molecule has 0 saturated heterocycles. The summed E-state index contributed by atoms with van der Waals surface area (Å²) in [5.74, 6) is -0.688. The number of fused-ring (bicyclic) bond motifs is 1. The summed E-state index contributed by atoms with van der Waals surface area (Å²) in [5.41, 5.74) is 1.23. The maximum absolute atomic E-state index is 13.7. The highest BCUT2D eigenvalue weighted by Gasteiger charge is 2.28. The number of hydrogen-bond donors (Lipinski definition) is 3. The second-order valence-corrected chi connectivity index (χ2v) is 6.31. The number of amides is 1. The highest BCUT2D eigenvalue weighted by molar-refractivity contribution is 7.71. The third kappa shape index (κ3) is 2.78. The molecule has 0 radical (unpaired) electrons. The van der Waals surface area contributed by atoms with E-state index in [4.69, 9.17) is 12.2 Å². The number of imidazole rings is 1. The molecule has 1 fully saturated rings. The van der Waals surface area contributed by atoms with E-state index in [1.807, 2.05) is 0 Å². The SMILES string of the molecule is CN(CC1CCCC1O)C(=O)c1cc(F)cc2[nH]c(=S)[nH]c12. The Bertz CT molecular complexity index is 770. The molecule has 22 heavy (non-hydrogen) atoms. The van der Waals surface area contributed by atoms with Crippen LogP contribution in [0.1, 0.15) is 29.6 Å². The van der Waals surface area contributed by atoms with Crippen molar-refractivity contribution in [3.05, 3.63) is 28.3 Å². The molecule has 1 aromatic heterocycles. The van der Waals surface area contributed by atoms with Gasteiger partial charge >= 0.3 is 0 Å². The van der Waals surface area contributed by atoms with Gasteiger partial charge in [0, 0.05) is 19.5 Å². The van der Waals surface area contributed by atoms with E-state index in [9.17, 15) is 14.3 Å². The molecular formula is C15H18FN3O2S. The van der Waals surface area contributed by atoms with E-state index in [2.05, 4.69) is 9.97 Å². The molecule has 1 amide bonds. The van der Waals surface area contributed by atoms with Gasteiger partial charge in [-0.1, -0.05) is 6.42 Å². The van der Waals surface area contributed by atoms with E-state index in [-0.39, 0.29) is 23.5 Å². The van der Waals surface area contributed by atoms with Crippen LogP contribution in [0.3, 0.4) is 0 Å². The first-order chi connectivity index (χ1) is 10.5. The lowest BCUT2D eigenvalue weighted by molar-refractivity contribution is 0.0694. The molecule has 0 bridgehead atoms. The Kier molecular flexibility index (Phi) is 4.01. The number of aromatic nitrogens is 2. The third-order valence-electron chi connectivity index (χ3n) is 4.29. The molecule has 5 nitrogen and oxygen atoms in total. The first-order valence-corrected chi connectivity index (χ1v) is 7.71. The number of nitrogens with zero attached hydrogens (tertiary/aromatic N) is 1. The molecule has 1 aliphatic carbocycles. The monoisotopic (exact) mass is 323 g/mol. The number of benzene rings is 1. The summed E-state index contributed by atoms with van der Waals surface area (Å²) >= 11 is 5.01. The van der Waals surface area contributed by atoms with Crippen molar-refractivity contribution in [2.75, 3.05) is 13.6 Å². The van der Waals surface area contributed by atoms with Crippen molar-refractivity contribution >= 4 is 29.2 Å². The van der Waals surface area contributed by atoms with Crippen LogP contribution in [0.4, 0.5) is 4.39 Å². The number of nitrogens with one attached hydrogen (secondary N) is 2. The number of carbonyl (C=O) groups excluding carboxylic acids is 1. The van der Waals surface area contributed by atoms with Gasteiger partial charge in [0.25, 0.3) is 5.91 Å². The normalized spacial score (nSPS) is 21.4. The van der Waals surface area contributed by atoms with Gasteiger partial charge in [0.2, 0.25) is 0 Å². The van der Waals surface area contributed by atoms with E-state index in [1.54, 1.807) is 7.05 Å². The van der Waals surface area contributed by atoms with E-state index in [1.165, 1.54) is 17.0 Å². The molecule has 3 rings (SSSR count). The maximum atomic E-state index is 13.7. The zero-order chi connectivity index (χ0) is 15.9. The lowest BCUT2D eigenvalue weighted by Gasteiger charge is -2.23. The molecule has 1 heterocycles. The number of rotatable bonds is 3. The minimum Gasteiger partial charge on any atom is -0.393 e. The number of aromatic amines is 2. The third-order valence-corrected chi connectivity index (χ3v) is 4.50. The van der Waals surface area contributed by atoms with Gasteiger partial charge in [-0.05, 0) is 37.2 Å². The number of H-pyrrole nitrogens is 2. The number of carbonyl (C=O) groups is 1. The molecule has 0 aliphatic heterocycles. The number of hydrogen-bond acceptors (Lipinski definition) is 3. The van der Waals surface area contributed by atoms with E-state index in [0.717, 1.165) is 19.3 Å². The minimum absolute atomic E-state index is 0.0859. The molecule has 3 N–H and O–H groups in total. The van der Waals surface area contributed by atoms with Crippen LogP contribution < -0.4 is 0 Å². The molecule has 7 heteroatoms. The molecule has 2 unspecified atom stereocenters. The zero-order valence-electron chi connectivity index (χ0n) is 12.2. The van der Waals surface area contributed by atoms with Crippen LogP contribution in [0.5, 0.6) is 0 Å². The van der Waals surface area contributed by atoms with Gasteiger partial charge in [-0.15, -0.1) is 0 Å². The Balaban J connectivity index is 1.89. The molecule has 1 saturated carbocycles. The summed E-state index contributed by atoms with van der Waals surface area (Å²) < 4.78 is 14.1. The maximum Gasteiger partial charge on any atom is 0.255 e. The van der Waals surface area contributed by atoms with Crippen LogP contribution in [0, 0.1) is 16.5 Å². The second kappa shape index (κ2) is 5.81. The van der Waals surface area contributed by atoms with E-state index >= 15 is 0 Å². The van der Waals surface area contributed by atoms with Gasteiger partial charge in [0.1, 0.15) is 5.82 Å². The lowest BCUT2D eigenvalue weighted by atomic mass is 10.0. The van der Waals surface area contributed by atoms with Crippen molar-refractivity contribution in [1.29, 1.82) is 0 Å². The van der Waals surface area contributed by atoms with Crippen molar-refractivity contribution in [1.82, 2.24) is 14.9 Å². The summed E-state index contributed by atoms with van der Waals surface area (Å²) in [6.07, 6.45) is 2.30. The number of aliphatic hydroxyl groups excluding tert-OH is 1. The largest absolute Gasteiger partial charge is 0.393 e. The smallest absolute Gasteiger partial charge is 0.255 e. The van der Waals surface area contributed by atoms with Crippen LogP contribution in [0.2, 0.25) is 0 Å². The summed E-state index contributed by atoms with van der Waals surface area (Å²) in [7, 11) is 1.67. The van der Waals surface area contributed by atoms with Gasteiger partial charge in [-0.25, -0.2) is 4.39 Å². The van der Waals surface area contributed by atoms with Gasteiger partial charge < -0.3 is 20.0 Å². The Labute approximate surface area is 132 Å². The van der Waals surface area contributed by atoms with Crippen molar-refractivity contribution in [3.8, 4) is 0 Å². The average molecular weight is 323 g/mol. The second-order valence-electron chi connectivity index (χ2n) is 5.90. The molecule has 0 spiro atoms. The topological polar surface area (TPSA) is 72.1 Å². The first-order valence-electron chi connectivity index (χ1n) is 7.31. The van der Waals surface area contributed by atoms with Crippen LogP contribution in [0.25, 0.3) is 11.0 Å². The van der Waals surface area contributed by atoms with Crippen molar-refractivity contribution in [2.24, 2.45) is 5.92 Å². The quantitative estimate of drug-likeness (QED) is 0.760. The van der Waals surface area contributed by atoms with Crippen molar-refractivity contribution < 1.29 is 14.3 Å². The fourth-order valence-electron chi connectivity index (χ4n) is 3.15. The molecule has 1 aliphatic rings. The average Bonchev–Trinajstić information content (AvgIpc) is 3.02. The zero-order valence-corrected chi connectivity index (χ0v) is 13.0. The molecule has 118 valence electrons. The standard InChI is InChI=1S/C15H18FN3O2S/c1-19(7-8-3-2-4-12(8)20)14(21)10-5-9(16)6-11-13(10)18-15(22)17-11/h5-6,8,12,20H,2-4,7H2,1H3,(H2,17,18,22). The van der Waals surface area contributed by atoms with Gasteiger partial charge in [-0.2, -0.15) is 0 Å². The summed E-state index contributed by atoms with van der Waals surface area (Å²) in [6.45, 7) is 0.461.